The predicted molar refractivity (Wildman–Crippen MR) is 10.7 cm³/mol. The molecule has 0 aliphatic rings. The molecule has 0 aromatic carbocycles. The molecule has 0 aliphatic carbocycles. The molecule has 0 fully saturated rings. The molecular formula is CH4CoO2. The second kappa shape index (κ2) is 768. The summed E-state index contributed by atoms with van der Waals surface area (Å²) < 4.78 is 0. The van der Waals surface area contributed by atoms with Gasteiger partial charge < -0.3 is 10.3 Å². The minimum atomic E-state index is 0. The molecular weight excluding hydrogens is 103 g/mol. The molecule has 0 aromatic rings. The molecule has 0 saturated heterocycles. The van der Waals surface area contributed by atoms with Crippen LogP contribution in [-0.4, -0.2) is 12.3 Å². The van der Waals surface area contributed by atoms with Crippen LogP contribution in [-0.2, 0) is 21.6 Å². The van der Waals surface area contributed by atoms with Crippen LogP contribution in [0.3, 0.4) is 0 Å². The van der Waals surface area contributed by atoms with Crippen molar-refractivity contribution in [2.45, 2.75) is 0 Å². The molecule has 2 N–H and O–H groups in total. The Balaban J connectivity index is -0.00000000500. The summed E-state index contributed by atoms with van der Waals surface area (Å²) in [5, 5.41) is 0. The van der Waals surface area contributed by atoms with Gasteiger partial charge >= 0.3 is 0 Å². The number of hydrogen-bond donors (Lipinski definition) is 0. The van der Waals surface area contributed by atoms with Crippen LogP contribution < -0.4 is 0 Å². The van der Waals surface area contributed by atoms with E-state index in [9.17, 15) is 0 Å². The minimum absolute atomic E-state index is 0. The van der Waals surface area contributed by atoms with Crippen molar-refractivity contribution < 1.29 is 27.0 Å². The summed E-state index contributed by atoms with van der Waals surface area (Å²) in [5.41, 5.74) is 0. The molecule has 0 aliphatic heterocycles. The molecule has 0 aromatic heterocycles. The summed E-state index contributed by atoms with van der Waals surface area (Å²) in [6, 6.07) is 0. The van der Waals surface area contributed by atoms with Crippen molar-refractivity contribution in [3.63, 3.8) is 0 Å². The molecule has 2 nitrogen and oxygen atoms in total. The van der Waals surface area contributed by atoms with Crippen molar-refractivity contribution in [3.8, 4) is 0 Å². The van der Waals surface area contributed by atoms with Gasteiger partial charge in [-0.15, -0.1) is 0 Å². The van der Waals surface area contributed by atoms with Crippen molar-refractivity contribution in [2.75, 3.05) is 0 Å². The van der Waals surface area contributed by atoms with Crippen LogP contribution in [0.5, 0.6) is 0 Å². The normalized spacial score (nSPS) is 1.00. The zero-order valence-corrected chi connectivity index (χ0v) is 2.99. The molecule has 0 saturated carbocycles. The Kier molecular flexibility index (Phi) is 6050. The summed E-state index contributed by atoms with van der Waals surface area (Å²) in [7, 11) is 0. The summed E-state index contributed by atoms with van der Waals surface area (Å²) in [6.07, 6.45) is 0. The number of carbonyl (C=O) groups excluding carboxylic acids is 1. The number of carbonyl (C=O) groups is 1. The summed E-state index contributed by atoms with van der Waals surface area (Å²) in [5.74, 6) is 0. The van der Waals surface area contributed by atoms with Crippen LogP contribution in [0.25, 0.3) is 0 Å². The average Bonchev–Trinajstić information content (AvgIpc) is 1.00. The van der Waals surface area contributed by atoms with E-state index in [1.54, 1.807) is 0 Å². The first-order valence-corrected chi connectivity index (χ1v) is 0.289. The van der Waals surface area contributed by atoms with Crippen molar-refractivity contribution in [1.82, 2.24) is 0 Å². The zero-order valence-electron chi connectivity index (χ0n) is 1.95. The van der Waals surface area contributed by atoms with E-state index < -0.39 is 0 Å². The van der Waals surface area contributed by atoms with Gasteiger partial charge in [0.1, 0.15) is 6.79 Å². The largest absolute Gasteiger partial charge is 0.412 e. The molecule has 1 radical (unpaired) electrons. The maximum absolute atomic E-state index is 8.00. The second-order valence-corrected chi connectivity index (χ2v) is 0. The fourth-order valence-electron chi connectivity index (χ4n) is 0. The van der Waals surface area contributed by atoms with Crippen LogP contribution in [0, 0.1) is 0 Å². The van der Waals surface area contributed by atoms with Gasteiger partial charge in [-0.3, -0.25) is 0 Å². The van der Waals surface area contributed by atoms with Crippen LogP contribution in [0.1, 0.15) is 0 Å². The molecule has 0 atom stereocenters. The van der Waals surface area contributed by atoms with Gasteiger partial charge in [-0.2, -0.15) is 0 Å². The van der Waals surface area contributed by atoms with Gasteiger partial charge in [0, 0.05) is 16.8 Å². The van der Waals surface area contributed by atoms with E-state index in [1.807, 2.05) is 6.79 Å². The molecule has 0 bridgehead atoms. The smallest absolute Gasteiger partial charge is 0.106 e. The third-order valence-corrected chi connectivity index (χ3v) is 0. The first-order chi connectivity index (χ1) is 1.00. The minimum Gasteiger partial charge on any atom is -0.412 e. The molecule has 0 rings (SSSR count). The van der Waals surface area contributed by atoms with Crippen LogP contribution in [0.2, 0.25) is 0 Å². The maximum atomic E-state index is 8.00. The summed E-state index contributed by atoms with van der Waals surface area (Å²) in [4.78, 5) is 8.00. The number of rotatable bonds is 0. The van der Waals surface area contributed by atoms with Gasteiger partial charge in [0.15, 0.2) is 0 Å². The Morgan fingerprint density at radius 1 is 1.25 bits per heavy atom. The van der Waals surface area contributed by atoms with E-state index >= 15 is 0 Å². The summed E-state index contributed by atoms with van der Waals surface area (Å²) >= 11 is 0. The predicted octanol–water partition coefficient (Wildman–Crippen LogP) is -1.01. The Morgan fingerprint density at radius 2 is 1.25 bits per heavy atom. The fraction of sp³-hybridized carbons (Fsp3) is 0. The number of hydrogen-bond acceptors (Lipinski definition) is 1. The molecule has 3 heteroatoms. The maximum Gasteiger partial charge on any atom is 0.106 e. The monoisotopic (exact) mass is 107 g/mol. The third kappa shape index (κ3) is 148. The Hall–Kier alpha value is 0.136. The van der Waals surface area contributed by atoms with Gasteiger partial charge in [0.05, 0.1) is 0 Å². The first-order valence-electron chi connectivity index (χ1n) is 0.289. The fourth-order valence-corrected chi connectivity index (χ4v) is 0. The molecule has 0 heterocycles. The van der Waals surface area contributed by atoms with Crippen molar-refractivity contribution in [1.29, 1.82) is 0 Å². The van der Waals surface area contributed by atoms with Gasteiger partial charge in [0.2, 0.25) is 0 Å². The van der Waals surface area contributed by atoms with E-state index in [1.165, 1.54) is 0 Å². The van der Waals surface area contributed by atoms with Gasteiger partial charge in [-0.25, -0.2) is 0 Å². The third-order valence-electron chi connectivity index (χ3n) is 0. The van der Waals surface area contributed by atoms with E-state index in [0.717, 1.165) is 0 Å². The SMILES string of the molecule is C=O.O.[Co]. The van der Waals surface area contributed by atoms with E-state index in [-0.39, 0.29) is 22.3 Å². The van der Waals surface area contributed by atoms with Crippen LogP contribution in [0.4, 0.5) is 0 Å². The van der Waals surface area contributed by atoms with Crippen molar-refractivity contribution in [3.05, 3.63) is 0 Å². The van der Waals surface area contributed by atoms with Crippen molar-refractivity contribution >= 4 is 6.79 Å². The quantitative estimate of drug-likeness (QED) is 0.391. The Bertz CT molecular complexity index is 6.00. The van der Waals surface area contributed by atoms with Crippen molar-refractivity contribution in [2.24, 2.45) is 0 Å². The Labute approximate surface area is 34.7 Å². The van der Waals surface area contributed by atoms with Gasteiger partial charge in [0.25, 0.3) is 0 Å². The molecule has 4 heavy (non-hydrogen) atoms. The van der Waals surface area contributed by atoms with E-state index in [2.05, 4.69) is 0 Å². The second-order valence-electron chi connectivity index (χ2n) is 0. The van der Waals surface area contributed by atoms with E-state index in [0.29, 0.717) is 0 Å². The Morgan fingerprint density at radius 3 is 1.25 bits per heavy atom. The van der Waals surface area contributed by atoms with Gasteiger partial charge in [-0.1, -0.05) is 0 Å². The van der Waals surface area contributed by atoms with E-state index in [4.69, 9.17) is 4.79 Å². The average molecular weight is 107 g/mol. The molecule has 0 amide bonds. The van der Waals surface area contributed by atoms with Gasteiger partial charge in [-0.05, 0) is 0 Å². The van der Waals surface area contributed by atoms with Crippen LogP contribution >= 0.6 is 0 Å². The molecule has 0 unspecified atom stereocenters. The topological polar surface area (TPSA) is 48.6 Å². The first kappa shape index (κ1) is 31.5. The molecule has 0 spiro atoms. The summed E-state index contributed by atoms with van der Waals surface area (Å²) in [6.45, 7) is 2.00. The standard InChI is InChI=1S/CH2O.Co.H2O/c1-2;;/h1H2;;1H2. The molecule has 29 valence electrons. The zero-order chi connectivity index (χ0) is 2.00. The van der Waals surface area contributed by atoms with Crippen LogP contribution in [0.15, 0.2) is 0 Å².